The van der Waals surface area contributed by atoms with E-state index in [1.807, 2.05) is 11.8 Å². The lowest BCUT2D eigenvalue weighted by atomic mass is 10.0. The molecule has 0 fully saturated rings. The molecule has 2 aliphatic rings. The van der Waals surface area contributed by atoms with Crippen molar-refractivity contribution in [2.75, 3.05) is 4.90 Å². The second kappa shape index (κ2) is 12.6. The third kappa shape index (κ3) is 4.95. The van der Waals surface area contributed by atoms with Gasteiger partial charge in [-0.3, -0.25) is 0 Å². The highest BCUT2D eigenvalue weighted by Gasteiger charge is 2.52. The third-order valence-corrected chi connectivity index (χ3v) is 16.8. The third-order valence-electron chi connectivity index (χ3n) is 10.4. The summed E-state index contributed by atoms with van der Waals surface area (Å²) in [5, 5.41) is 5.48. The fourth-order valence-electron chi connectivity index (χ4n) is 8.06. The molecule has 0 saturated carbocycles. The second-order valence-corrected chi connectivity index (χ2v) is 18.0. The van der Waals surface area contributed by atoms with Gasteiger partial charge in [0, 0.05) is 26.9 Å². The van der Waals surface area contributed by atoms with Crippen molar-refractivity contribution in [2.45, 2.75) is 9.79 Å². The fourth-order valence-corrected chi connectivity index (χ4v) is 15.2. The zero-order valence-corrected chi connectivity index (χ0v) is 30.1. The van der Waals surface area contributed by atoms with Crippen LogP contribution in [0.3, 0.4) is 0 Å². The first kappa shape index (κ1) is 30.7. The average molecular weight is 700 g/mol. The molecule has 52 heavy (non-hydrogen) atoms. The molecule has 2 heterocycles. The molecule has 0 unspecified atom stereocenters. The summed E-state index contributed by atoms with van der Waals surface area (Å²) in [6, 6.07) is 72.7. The van der Waals surface area contributed by atoms with Crippen LogP contribution < -0.4 is 30.4 Å². The van der Waals surface area contributed by atoms with Crippen LogP contribution in [-0.2, 0) is 0 Å². The van der Waals surface area contributed by atoms with E-state index in [-0.39, 0.29) is 0 Å². The molecule has 0 atom stereocenters. The van der Waals surface area contributed by atoms with Gasteiger partial charge in [0.1, 0.15) is 11.5 Å². The van der Waals surface area contributed by atoms with E-state index in [0.29, 0.717) is 0 Å². The highest BCUT2D eigenvalue weighted by molar-refractivity contribution is 8.00. The molecule has 8 aromatic carbocycles. The molecule has 8 aromatic rings. The Morgan fingerprint density at radius 2 is 0.788 bits per heavy atom. The maximum Gasteiger partial charge on any atom is 0.190 e. The smallest absolute Gasteiger partial charge is 0.190 e. The molecule has 0 saturated heterocycles. The highest BCUT2D eigenvalue weighted by Crippen LogP contribution is 2.40. The van der Waals surface area contributed by atoms with Gasteiger partial charge in [0.05, 0.1) is 0 Å². The van der Waals surface area contributed by atoms with Gasteiger partial charge in [0.2, 0.25) is 0 Å². The predicted molar refractivity (Wildman–Crippen MR) is 220 cm³/mol. The second-order valence-electron chi connectivity index (χ2n) is 13.3. The molecule has 1 spiro atoms. The molecular formula is C48H33NOSSi. The lowest BCUT2D eigenvalue weighted by Crippen LogP contribution is -2.77. The normalized spacial score (nSPS) is 13.2. The molecule has 0 aromatic heterocycles. The van der Waals surface area contributed by atoms with Crippen LogP contribution in [0.4, 0.5) is 17.1 Å². The number of hydrogen-bond acceptors (Lipinski definition) is 3. The van der Waals surface area contributed by atoms with Crippen LogP contribution >= 0.6 is 11.8 Å². The summed E-state index contributed by atoms with van der Waals surface area (Å²) in [7, 11) is -2.72. The number of hydrogen-bond donors (Lipinski definition) is 0. The van der Waals surface area contributed by atoms with Crippen molar-refractivity contribution in [1.29, 1.82) is 0 Å². The summed E-state index contributed by atoms with van der Waals surface area (Å²) in [6.45, 7) is 0. The average Bonchev–Trinajstić information content (AvgIpc) is 3.22. The van der Waals surface area contributed by atoms with Gasteiger partial charge in [-0.25, -0.2) is 0 Å². The number of anilines is 3. The first-order valence-corrected chi connectivity index (χ1v) is 20.5. The van der Waals surface area contributed by atoms with E-state index in [2.05, 4.69) is 205 Å². The highest BCUT2D eigenvalue weighted by atomic mass is 32.2. The Labute approximate surface area is 309 Å². The first-order chi connectivity index (χ1) is 25.8. The Bertz CT molecular complexity index is 2470. The van der Waals surface area contributed by atoms with Crippen LogP contribution in [0.5, 0.6) is 11.5 Å². The maximum absolute atomic E-state index is 6.61. The largest absolute Gasteiger partial charge is 0.458 e. The van der Waals surface area contributed by atoms with Gasteiger partial charge in [-0.1, -0.05) is 151 Å². The Kier molecular flexibility index (Phi) is 7.45. The molecule has 2 nitrogen and oxygen atoms in total. The summed E-state index contributed by atoms with van der Waals surface area (Å²) in [5.74, 6) is 1.93. The predicted octanol–water partition coefficient (Wildman–Crippen LogP) is 10.4. The quantitative estimate of drug-likeness (QED) is 0.166. The number of ether oxygens (including phenoxy) is 1. The van der Waals surface area contributed by atoms with Gasteiger partial charge < -0.3 is 9.64 Å². The molecule has 0 N–H and O–H groups in total. The van der Waals surface area contributed by atoms with Crippen molar-refractivity contribution in [3.63, 3.8) is 0 Å². The first-order valence-electron chi connectivity index (χ1n) is 17.7. The lowest BCUT2D eigenvalue weighted by molar-refractivity contribution is 0.487. The van der Waals surface area contributed by atoms with Crippen molar-refractivity contribution in [3.8, 4) is 33.8 Å². The van der Waals surface area contributed by atoms with Crippen molar-refractivity contribution in [1.82, 2.24) is 0 Å². The lowest BCUT2D eigenvalue weighted by Gasteiger charge is -2.43. The van der Waals surface area contributed by atoms with Gasteiger partial charge in [-0.2, -0.15) is 0 Å². The number of nitrogens with zero attached hydrogens (tertiary/aromatic N) is 1. The Balaban J connectivity index is 1.09. The van der Waals surface area contributed by atoms with Gasteiger partial charge in [0.25, 0.3) is 0 Å². The number of fused-ring (bicyclic) bond motifs is 8. The van der Waals surface area contributed by atoms with Crippen LogP contribution in [0.15, 0.2) is 210 Å². The van der Waals surface area contributed by atoms with Crippen molar-refractivity contribution in [3.05, 3.63) is 200 Å². The fraction of sp³-hybridized carbons (Fsp3) is 0. The summed E-state index contributed by atoms with van der Waals surface area (Å²) >= 11 is 1.89. The van der Waals surface area contributed by atoms with Gasteiger partial charge in [0.15, 0.2) is 8.07 Å². The minimum absolute atomic E-state index is 0.966. The summed E-state index contributed by atoms with van der Waals surface area (Å²) < 4.78 is 6.61. The molecular weight excluding hydrogens is 667 g/mol. The van der Waals surface area contributed by atoms with Crippen LogP contribution in [0.1, 0.15) is 0 Å². The van der Waals surface area contributed by atoms with Crippen molar-refractivity contribution in [2.24, 2.45) is 0 Å². The number of benzene rings is 8. The molecule has 0 radical (unpaired) electrons. The molecule has 4 heteroatoms. The van der Waals surface area contributed by atoms with Crippen LogP contribution in [0, 0.1) is 0 Å². The van der Waals surface area contributed by atoms with Crippen LogP contribution in [-0.4, -0.2) is 8.07 Å². The van der Waals surface area contributed by atoms with E-state index < -0.39 is 8.07 Å². The summed E-state index contributed by atoms with van der Waals surface area (Å²) in [6.07, 6.45) is 0. The van der Waals surface area contributed by atoms with E-state index in [1.54, 1.807) is 0 Å². The van der Waals surface area contributed by atoms with E-state index in [1.165, 1.54) is 52.8 Å². The van der Waals surface area contributed by atoms with Gasteiger partial charge >= 0.3 is 0 Å². The van der Waals surface area contributed by atoms with Crippen LogP contribution in [0.2, 0.25) is 0 Å². The minimum atomic E-state index is -2.72. The van der Waals surface area contributed by atoms with Crippen molar-refractivity contribution >= 4 is 57.6 Å². The molecule has 0 bridgehead atoms. The van der Waals surface area contributed by atoms with Gasteiger partial charge in [-0.05, 0) is 104 Å². The molecule has 246 valence electrons. The molecule has 10 rings (SSSR count). The van der Waals surface area contributed by atoms with E-state index in [0.717, 1.165) is 28.6 Å². The standard InChI is InChI=1S/C48H33NOSSi/c1-3-13-34(14-4-1)35-23-28-39(29-24-35)49(38-15-5-2-6-16-38)40-30-25-36(26-31-40)37-27-32-44-48(33-37)52(47-22-12-9-19-43(47)51-44)45-20-10-7-17-41(45)50-42-18-8-11-21-46(42)52/h1-33H. The van der Waals surface area contributed by atoms with Gasteiger partial charge in [-0.15, -0.1) is 0 Å². The topological polar surface area (TPSA) is 12.5 Å². The molecule has 0 aliphatic carbocycles. The van der Waals surface area contributed by atoms with Crippen molar-refractivity contribution < 1.29 is 4.74 Å². The molecule has 2 aliphatic heterocycles. The number of rotatable bonds is 5. The monoisotopic (exact) mass is 699 g/mol. The summed E-state index contributed by atoms with van der Waals surface area (Å²) in [4.78, 5) is 4.99. The van der Waals surface area contributed by atoms with Crippen LogP contribution in [0.25, 0.3) is 22.3 Å². The SMILES string of the molecule is c1ccc(-c2ccc(N(c3ccccc3)c3ccc(-c4ccc5c(c4)[Si]4(c6ccccc6Oc6ccccc64)c4ccccc4S5)cc3)cc2)cc1. The van der Waals surface area contributed by atoms with E-state index in [9.17, 15) is 0 Å². The van der Waals surface area contributed by atoms with E-state index >= 15 is 0 Å². The Morgan fingerprint density at radius 1 is 0.346 bits per heavy atom. The maximum atomic E-state index is 6.61. The summed E-state index contributed by atoms with van der Waals surface area (Å²) in [5.41, 5.74) is 8.19. The zero-order chi connectivity index (χ0) is 34.5. The zero-order valence-electron chi connectivity index (χ0n) is 28.3. The number of para-hydroxylation sites is 3. The Hall–Kier alpha value is -6.07. The Morgan fingerprint density at radius 3 is 1.42 bits per heavy atom. The molecule has 0 amide bonds. The minimum Gasteiger partial charge on any atom is -0.458 e. The van der Waals surface area contributed by atoms with E-state index in [4.69, 9.17) is 4.74 Å².